The molecule has 3 aromatic rings. The van der Waals surface area contributed by atoms with Crippen LogP contribution in [-0.4, -0.2) is 30.7 Å². The number of nitrogens with one attached hydrogen (secondary N) is 2. The largest absolute Gasteiger partial charge is 0.493 e. The van der Waals surface area contributed by atoms with Gasteiger partial charge in [0.15, 0.2) is 23.3 Å². The molecule has 0 atom stereocenters. The number of halogens is 1. The number of ether oxygens (including phenoxy) is 2. The molecule has 1 heterocycles. The highest BCUT2D eigenvalue weighted by atomic mass is 35.5. The van der Waals surface area contributed by atoms with Crippen LogP contribution in [0.2, 0.25) is 5.02 Å². The number of para-hydroxylation sites is 1. The Morgan fingerprint density at radius 3 is 2.59 bits per heavy atom. The number of anilines is 1. The molecule has 1 saturated heterocycles. The number of carbonyl (C=O) groups excluding carboxylic acids is 2. The molecule has 34 heavy (non-hydrogen) atoms. The quantitative estimate of drug-likeness (QED) is 0.438. The highest BCUT2D eigenvalue weighted by molar-refractivity contribution is 8.18. The van der Waals surface area contributed by atoms with Gasteiger partial charge in [0.2, 0.25) is 0 Å². The van der Waals surface area contributed by atoms with Crippen LogP contribution < -0.4 is 20.1 Å². The Morgan fingerprint density at radius 1 is 1.09 bits per heavy atom. The minimum absolute atomic E-state index is 0.172. The van der Waals surface area contributed by atoms with E-state index in [0.717, 1.165) is 5.56 Å². The lowest BCUT2D eigenvalue weighted by molar-refractivity contribution is -0.118. The monoisotopic (exact) mass is 493 g/mol. The van der Waals surface area contributed by atoms with Gasteiger partial charge in [-0.05, 0) is 71.9 Å². The second-order valence-corrected chi connectivity index (χ2v) is 8.54. The smallest absolute Gasteiger partial charge is 0.264 e. The topological polar surface area (TPSA) is 89.0 Å². The van der Waals surface area contributed by atoms with Gasteiger partial charge in [-0.1, -0.05) is 35.9 Å². The minimum Gasteiger partial charge on any atom is -0.493 e. The minimum atomic E-state index is -0.286. The van der Waals surface area contributed by atoms with Crippen molar-refractivity contribution in [1.82, 2.24) is 5.32 Å². The fourth-order valence-corrected chi connectivity index (χ4v) is 3.99. The summed E-state index contributed by atoms with van der Waals surface area (Å²) in [7, 11) is 1.51. The van der Waals surface area contributed by atoms with Gasteiger partial charge in [0.1, 0.15) is 0 Å². The maximum absolute atomic E-state index is 12.4. The lowest BCUT2D eigenvalue weighted by Crippen LogP contribution is -2.20. The molecule has 0 aliphatic carbocycles. The number of aliphatic imine (C=N–C) groups is 1. The van der Waals surface area contributed by atoms with Crippen LogP contribution in [0.5, 0.6) is 11.5 Å². The van der Waals surface area contributed by atoms with Crippen molar-refractivity contribution in [1.29, 1.82) is 0 Å². The molecule has 3 aromatic carbocycles. The summed E-state index contributed by atoms with van der Waals surface area (Å²) in [6, 6.07) is 21.4. The van der Waals surface area contributed by atoms with Gasteiger partial charge < -0.3 is 20.1 Å². The van der Waals surface area contributed by atoms with Crippen molar-refractivity contribution in [2.75, 3.05) is 19.0 Å². The molecule has 0 saturated carbocycles. The van der Waals surface area contributed by atoms with E-state index in [1.807, 2.05) is 18.2 Å². The number of hydrogen-bond acceptors (Lipinski definition) is 6. The first-order chi connectivity index (χ1) is 16.5. The number of amidine groups is 1. The van der Waals surface area contributed by atoms with Gasteiger partial charge in [0.05, 0.1) is 17.7 Å². The number of rotatable bonds is 7. The maximum Gasteiger partial charge on any atom is 0.264 e. The van der Waals surface area contributed by atoms with Crippen LogP contribution in [0.3, 0.4) is 0 Å². The van der Waals surface area contributed by atoms with Crippen molar-refractivity contribution in [3.8, 4) is 11.5 Å². The molecule has 1 fully saturated rings. The average Bonchev–Trinajstić information content (AvgIpc) is 3.18. The van der Waals surface area contributed by atoms with Crippen LogP contribution in [0.1, 0.15) is 5.56 Å². The molecule has 0 spiro atoms. The summed E-state index contributed by atoms with van der Waals surface area (Å²) in [5.41, 5.74) is 2.12. The Bertz CT molecular complexity index is 1260. The van der Waals surface area contributed by atoms with E-state index in [1.54, 1.807) is 60.7 Å². The molecule has 0 radical (unpaired) electrons. The Morgan fingerprint density at radius 2 is 1.85 bits per heavy atom. The van der Waals surface area contributed by atoms with Gasteiger partial charge in [0.25, 0.3) is 11.8 Å². The molecule has 0 unspecified atom stereocenters. The van der Waals surface area contributed by atoms with Crippen molar-refractivity contribution in [3.05, 3.63) is 88.3 Å². The molecule has 7 nitrogen and oxygen atoms in total. The number of carbonyl (C=O) groups is 2. The van der Waals surface area contributed by atoms with Crippen LogP contribution in [-0.2, 0) is 9.59 Å². The molecule has 2 N–H and O–H groups in total. The Labute approximate surface area is 205 Å². The predicted molar refractivity (Wildman–Crippen MR) is 136 cm³/mol. The predicted octanol–water partition coefficient (Wildman–Crippen LogP) is 5.26. The summed E-state index contributed by atoms with van der Waals surface area (Å²) < 4.78 is 11.0. The summed E-state index contributed by atoms with van der Waals surface area (Å²) in [4.78, 5) is 29.4. The van der Waals surface area contributed by atoms with Crippen molar-refractivity contribution >= 4 is 57.8 Å². The van der Waals surface area contributed by atoms with Crippen molar-refractivity contribution in [2.45, 2.75) is 0 Å². The van der Waals surface area contributed by atoms with E-state index in [4.69, 9.17) is 21.1 Å². The number of amides is 2. The highest BCUT2D eigenvalue weighted by Gasteiger charge is 2.24. The first kappa shape index (κ1) is 23.4. The molecule has 9 heteroatoms. The lowest BCUT2D eigenvalue weighted by atomic mass is 10.2. The van der Waals surface area contributed by atoms with Crippen LogP contribution >= 0.6 is 23.4 Å². The van der Waals surface area contributed by atoms with E-state index in [2.05, 4.69) is 15.6 Å². The number of thioether (sulfide) groups is 1. The number of nitrogens with zero attached hydrogens (tertiary/aromatic N) is 1. The second kappa shape index (κ2) is 10.9. The van der Waals surface area contributed by atoms with E-state index in [0.29, 0.717) is 38.0 Å². The van der Waals surface area contributed by atoms with Crippen LogP contribution in [0.4, 0.5) is 11.4 Å². The molecule has 0 bridgehead atoms. The van der Waals surface area contributed by atoms with E-state index in [9.17, 15) is 9.59 Å². The van der Waals surface area contributed by atoms with Crippen LogP contribution in [0.15, 0.2) is 82.7 Å². The van der Waals surface area contributed by atoms with Gasteiger partial charge >= 0.3 is 0 Å². The van der Waals surface area contributed by atoms with Gasteiger partial charge in [-0.25, -0.2) is 4.99 Å². The molecule has 1 aliphatic heterocycles. The first-order valence-electron chi connectivity index (χ1n) is 10.2. The van der Waals surface area contributed by atoms with Gasteiger partial charge in [0, 0.05) is 10.7 Å². The van der Waals surface area contributed by atoms with E-state index >= 15 is 0 Å². The van der Waals surface area contributed by atoms with E-state index in [-0.39, 0.29) is 18.4 Å². The standard InChI is InChI=1S/C25H20ClN3O4S/c1-32-21-13-16(7-12-20(21)33-15-23(30)27-18-5-3-2-4-6-18)14-22-24(31)29-25(34-22)28-19-10-8-17(26)9-11-19/h2-14H,15H2,1H3,(H,27,30)(H,28,29,31). The summed E-state index contributed by atoms with van der Waals surface area (Å²) in [5.74, 6) is 0.335. The van der Waals surface area contributed by atoms with Crippen molar-refractivity contribution in [3.63, 3.8) is 0 Å². The van der Waals surface area contributed by atoms with E-state index in [1.165, 1.54) is 18.9 Å². The van der Waals surface area contributed by atoms with Crippen molar-refractivity contribution in [2.24, 2.45) is 4.99 Å². The normalized spacial score (nSPS) is 15.3. The Kier molecular flexibility index (Phi) is 7.51. The fourth-order valence-electron chi connectivity index (χ4n) is 3.02. The first-order valence-corrected chi connectivity index (χ1v) is 11.4. The second-order valence-electron chi connectivity index (χ2n) is 7.07. The lowest BCUT2D eigenvalue weighted by Gasteiger charge is -2.11. The third kappa shape index (κ3) is 6.18. The summed E-state index contributed by atoms with van der Waals surface area (Å²) >= 11 is 7.14. The highest BCUT2D eigenvalue weighted by Crippen LogP contribution is 2.32. The van der Waals surface area contributed by atoms with Gasteiger partial charge in [-0.2, -0.15) is 0 Å². The molecule has 4 rings (SSSR count). The molecule has 172 valence electrons. The third-order valence-corrected chi connectivity index (χ3v) is 5.77. The number of benzene rings is 3. The SMILES string of the molecule is COc1cc(C=C2SC(=Nc3ccc(Cl)cc3)NC2=O)ccc1OCC(=O)Nc1ccccc1. The number of hydrogen-bond donors (Lipinski definition) is 2. The zero-order valence-electron chi connectivity index (χ0n) is 18.1. The van der Waals surface area contributed by atoms with Crippen molar-refractivity contribution < 1.29 is 19.1 Å². The third-order valence-electron chi connectivity index (χ3n) is 4.61. The Hall–Kier alpha value is -3.75. The zero-order chi connectivity index (χ0) is 23.9. The van der Waals surface area contributed by atoms with Gasteiger partial charge in [-0.3, -0.25) is 9.59 Å². The maximum atomic E-state index is 12.4. The van der Waals surface area contributed by atoms with Crippen LogP contribution in [0.25, 0.3) is 6.08 Å². The number of methoxy groups -OCH3 is 1. The molecule has 0 aromatic heterocycles. The molecular formula is C25H20ClN3O4S. The average molecular weight is 494 g/mol. The van der Waals surface area contributed by atoms with Crippen LogP contribution in [0, 0.1) is 0 Å². The zero-order valence-corrected chi connectivity index (χ0v) is 19.7. The van der Waals surface area contributed by atoms with E-state index < -0.39 is 0 Å². The molecule has 1 aliphatic rings. The fraction of sp³-hybridized carbons (Fsp3) is 0.0800. The molecular weight excluding hydrogens is 474 g/mol. The van der Waals surface area contributed by atoms with Gasteiger partial charge in [-0.15, -0.1) is 0 Å². The molecule has 2 amide bonds. The summed E-state index contributed by atoms with van der Waals surface area (Å²) in [6.07, 6.45) is 1.73. The summed E-state index contributed by atoms with van der Waals surface area (Å²) in [6.45, 7) is -0.172. The summed E-state index contributed by atoms with van der Waals surface area (Å²) in [5, 5.41) is 6.61. The Balaban J connectivity index is 1.42.